The molecule has 0 amide bonds. The van der Waals surface area contributed by atoms with Gasteiger partial charge in [-0.15, -0.1) is 0 Å². The van der Waals surface area contributed by atoms with Crippen LogP contribution in [0.3, 0.4) is 0 Å². The zero-order valence-electron chi connectivity index (χ0n) is 9.89. The van der Waals surface area contributed by atoms with Gasteiger partial charge in [-0.1, -0.05) is 6.07 Å². The van der Waals surface area contributed by atoms with Crippen molar-refractivity contribution in [3.63, 3.8) is 0 Å². The molecule has 4 heteroatoms. The fourth-order valence-electron chi connectivity index (χ4n) is 1.92. The van der Waals surface area contributed by atoms with Crippen molar-refractivity contribution in [1.29, 1.82) is 0 Å². The van der Waals surface area contributed by atoms with Gasteiger partial charge in [-0.3, -0.25) is 9.69 Å². The SMILES string of the molecule is Nc1cccc(OCCN2CCC(=O)CC2)c1. The number of anilines is 1. The summed E-state index contributed by atoms with van der Waals surface area (Å²) in [5.74, 6) is 1.18. The molecule has 1 heterocycles. The number of hydrogen-bond acceptors (Lipinski definition) is 4. The quantitative estimate of drug-likeness (QED) is 0.798. The predicted molar refractivity (Wildman–Crippen MR) is 67.0 cm³/mol. The Balaban J connectivity index is 1.71. The first-order valence-corrected chi connectivity index (χ1v) is 5.96. The second-order valence-electron chi connectivity index (χ2n) is 4.30. The van der Waals surface area contributed by atoms with E-state index in [1.165, 1.54) is 0 Å². The van der Waals surface area contributed by atoms with Crippen molar-refractivity contribution in [1.82, 2.24) is 4.90 Å². The molecular formula is C13H18N2O2. The minimum Gasteiger partial charge on any atom is -0.492 e. The number of hydrogen-bond donors (Lipinski definition) is 1. The Morgan fingerprint density at radius 1 is 1.29 bits per heavy atom. The molecule has 2 N–H and O–H groups in total. The van der Waals surface area contributed by atoms with Gasteiger partial charge < -0.3 is 10.5 Å². The number of benzene rings is 1. The summed E-state index contributed by atoms with van der Waals surface area (Å²) in [6, 6.07) is 7.43. The number of carbonyl (C=O) groups is 1. The van der Waals surface area contributed by atoms with Crippen LogP contribution in [-0.2, 0) is 4.79 Å². The molecule has 1 aromatic carbocycles. The summed E-state index contributed by atoms with van der Waals surface area (Å²) in [7, 11) is 0. The van der Waals surface area contributed by atoms with Crippen LogP contribution in [0, 0.1) is 0 Å². The number of nitrogens with zero attached hydrogens (tertiary/aromatic N) is 1. The van der Waals surface area contributed by atoms with Crippen LogP contribution in [0.4, 0.5) is 5.69 Å². The van der Waals surface area contributed by atoms with Crippen LogP contribution < -0.4 is 10.5 Å². The second-order valence-corrected chi connectivity index (χ2v) is 4.30. The lowest BCUT2D eigenvalue weighted by atomic mass is 10.1. The van der Waals surface area contributed by atoms with E-state index in [0.29, 0.717) is 30.9 Å². The van der Waals surface area contributed by atoms with Crippen molar-refractivity contribution in [2.45, 2.75) is 12.8 Å². The summed E-state index contributed by atoms with van der Waals surface area (Å²) in [6.07, 6.45) is 1.36. The molecular weight excluding hydrogens is 216 g/mol. The van der Waals surface area contributed by atoms with Crippen LogP contribution in [0.5, 0.6) is 5.75 Å². The Hall–Kier alpha value is -1.55. The van der Waals surface area contributed by atoms with Gasteiger partial charge in [0, 0.05) is 44.2 Å². The largest absolute Gasteiger partial charge is 0.492 e. The molecule has 2 rings (SSSR count). The monoisotopic (exact) mass is 234 g/mol. The van der Waals surface area contributed by atoms with Gasteiger partial charge in [0.1, 0.15) is 18.1 Å². The molecule has 1 aliphatic heterocycles. The number of ketones is 1. The van der Waals surface area contributed by atoms with Crippen molar-refractivity contribution in [3.05, 3.63) is 24.3 Å². The molecule has 0 aliphatic carbocycles. The number of nitrogen functional groups attached to an aromatic ring is 1. The van der Waals surface area contributed by atoms with Gasteiger partial charge >= 0.3 is 0 Å². The first kappa shape index (κ1) is 11.9. The van der Waals surface area contributed by atoms with Crippen LogP contribution in [-0.4, -0.2) is 36.9 Å². The average Bonchev–Trinajstić information content (AvgIpc) is 2.32. The molecule has 0 spiro atoms. The second kappa shape index (κ2) is 5.68. The number of Topliss-reactive ketones (excluding diaryl/α,β-unsaturated/α-hetero) is 1. The van der Waals surface area contributed by atoms with Crippen molar-refractivity contribution >= 4 is 11.5 Å². The number of piperidine rings is 1. The van der Waals surface area contributed by atoms with Gasteiger partial charge in [-0.25, -0.2) is 0 Å². The molecule has 1 aromatic rings. The Kier molecular flexibility index (Phi) is 3.98. The first-order valence-electron chi connectivity index (χ1n) is 5.96. The fourth-order valence-corrected chi connectivity index (χ4v) is 1.92. The Morgan fingerprint density at radius 2 is 2.06 bits per heavy atom. The van der Waals surface area contributed by atoms with Crippen molar-refractivity contribution in [2.75, 3.05) is 32.0 Å². The summed E-state index contributed by atoms with van der Waals surface area (Å²) in [4.78, 5) is 13.3. The van der Waals surface area contributed by atoms with E-state index in [-0.39, 0.29) is 0 Å². The highest BCUT2D eigenvalue weighted by molar-refractivity contribution is 5.79. The van der Waals surface area contributed by atoms with E-state index in [4.69, 9.17) is 10.5 Å². The van der Waals surface area contributed by atoms with Crippen molar-refractivity contribution in [2.24, 2.45) is 0 Å². The number of likely N-dealkylation sites (tertiary alicyclic amines) is 1. The molecule has 1 fully saturated rings. The van der Waals surface area contributed by atoms with Gasteiger partial charge in [0.15, 0.2) is 0 Å². The molecule has 92 valence electrons. The van der Waals surface area contributed by atoms with Crippen LogP contribution in [0.1, 0.15) is 12.8 Å². The molecule has 0 atom stereocenters. The molecule has 1 saturated heterocycles. The highest BCUT2D eigenvalue weighted by atomic mass is 16.5. The first-order chi connectivity index (χ1) is 8.24. The summed E-state index contributed by atoms with van der Waals surface area (Å²) in [5.41, 5.74) is 6.37. The van der Waals surface area contributed by atoms with E-state index < -0.39 is 0 Å². The zero-order valence-corrected chi connectivity index (χ0v) is 9.89. The van der Waals surface area contributed by atoms with Crippen molar-refractivity contribution < 1.29 is 9.53 Å². The molecule has 4 nitrogen and oxygen atoms in total. The van der Waals surface area contributed by atoms with E-state index >= 15 is 0 Å². The van der Waals surface area contributed by atoms with Crippen LogP contribution in [0.2, 0.25) is 0 Å². The molecule has 0 saturated carbocycles. The number of nitrogens with two attached hydrogens (primary N) is 1. The van der Waals surface area contributed by atoms with E-state index in [2.05, 4.69) is 4.90 Å². The topological polar surface area (TPSA) is 55.6 Å². The van der Waals surface area contributed by atoms with E-state index in [0.717, 1.165) is 25.4 Å². The van der Waals surface area contributed by atoms with Gasteiger partial charge in [0.25, 0.3) is 0 Å². The van der Waals surface area contributed by atoms with Gasteiger partial charge in [0.05, 0.1) is 0 Å². The third kappa shape index (κ3) is 3.75. The Labute approximate surface area is 101 Å². The number of rotatable bonds is 4. The minimum absolute atomic E-state index is 0.373. The van der Waals surface area contributed by atoms with Gasteiger partial charge in [-0.05, 0) is 12.1 Å². The van der Waals surface area contributed by atoms with Crippen molar-refractivity contribution in [3.8, 4) is 5.75 Å². The fraction of sp³-hybridized carbons (Fsp3) is 0.462. The lowest BCUT2D eigenvalue weighted by Gasteiger charge is -2.25. The normalized spacial score (nSPS) is 17.1. The molecule has 0 bridgehead atoms. The van der Waals surface area contributed by atoms with Gasteiger partial charge in [-0.2, -0.15) is 0 Å². The summed E-state index contributed by atoms with van der Waals surface area (Å²) in [6.45, 7) is 3.22. The molecule has 0 unspecified atom stereocenters. The third-order valence-corrected chi connectivity index (χ3v) is 2.95. The molecule has 1 aliphatic rings. The van der Waals surface area contributed by atoms with E-state index in [1.807, 2.05) is 24.3 Å². The number of carbonyl (C=O) groups excluding carboxylic acids is 1. The van der Waals surface area contributed by atoms with E-state index in [1.54, 1.807) is 0 Å². The smallest absolute Gasteiger partial charge is 0.135 e. The highest BCUT2D eigenvalue weighted by Crippen LogP contribution is 2.14. The minimum atomic E-state index is 0.373. The highest BCUT2D eigenvalue weighted by Gasteiger charge is 2.15. The van der Waals surface area contributed by atoms with Crippen LogP contribution >= 0.6 is 0 Å². The lowest BCUT2D eigenvalue weighted by Crippen LogP contribution is -2.36. The van der Waals surface area contributed by atoms with Crippen LogP contribution in [0.25, 0.3) is 0 Å². The van der Waals surface area contributed by atoms with Crippen LogP contribution in [0.15, 0.2) is 24.3 Å². The lowest BCUT2D eigenvalue weighted by molar-refractivity contribution is -0.121. The maximum Gasteiger partial charge on any atom is 0.135 e. The zero-order chi connectivity index (χ0) is 12.1. The maximum atomic E-state index is 11.1. The predicted octanol–water partition coefficient (Wildman–Crippen LogP) is 1.31. The molecule has 17 heavy (non-hydrogen) atoms. The standard InChI is InChI=1S/C13H18N2O2/c14-11-2-1-3-13(10-11)17-9-8-15-6-4-12(16)5-7-15/h1-3,10H,4-9,14H2. The maximum absolute atomic E-state index is 11.1. The molecule has 0 radical (unpaired) electrons. The summed E-state index contributed by atoms with van der Waals surface area (Å²) >= 11 is 0. The summed E-state index contributed by atoms with van der Waals surface area (Å²) in [5, 5.41) is 0. The Bertz CT molecular complexity index is 383. The van der Waals surface area contributed by atoms with E-state index in [9.17, 15) is 4.79 Å². The van der Waals surface area contributed by atoms with Gasteiger partial charge in [0.2, 0.25) is 0 Å². The number of ether oxygens (including phenoxy) is 1. The Morgan fingerprint density at radius 3 is 2.76 bits per heavy atom. The molecule has 0 aromatic heterocycles. The summed E-state index contributed by atoms with van der Waals surface area (Å²) < 4.78 is 5.61. The average molecular weight is 234 g/mol. The third-order valence-electron chi connectivity index (χ3n) is 2.95.